The number of anilines is 1. The smallest absolute Gasteiger partial charge is 0.293 e. The van der Waals surface area contributed by atoms with Crippen LogP contribution in [0.15, 0.2) is 42.5 Å². The monoisotopic (exact) mass is 343 g/mol. The predicted molar refractivity (Wildman–Crippen MR) is 92.2 cm³/mol. The Morgan fingerprint density at radius 1 is 1.24 bits per heavy atom. The summed E-state index contributed by atoms with van der Waals surface area (Å²) in [6.07, 6.45) is 2.48. The highest BCUT2D eigenvalue weighted by Gasteiger charge is 2.25. The van der Waals surface area contributed by atoms with Gasteiger partial charge in [0.25, 0.3) is 11.6 Å². The Morgan fingerprint density at radius 2 is 2.04 bits per heavy atom. The van der Waals surface area contributed by atoms with Crippen LogP contribution in [0.2, 0.25) is 0 Å². The summed E-state index contributed by atoms with van der Waals surface area (Å²) in [6.45, 7) is 0.318. The lowest BCUT2D eigenvalue weighted by atomic mass is 10.1. The van der Waals surface area contributed by atoms with Crippen molar-refractivity contribution < 1.29 is 14.1 Å². The number of nitrogens with zero attached hydrogens (tertiary/aromatic N) is 1. The topological polar surface area (TPSA) is 84.3 Å². The van der Waals surface area contributed by atoms with Gasteiger partial charge in [0.2, 0.25) is 0 Å². The molecule has 0 radical (unpaired) electrons. The normalized spacial score (nSPS) is 13.3. The van der Waals surface area contributed by atoms with Gasteiger partial charge in [0.05, 0.1) is 4.92 Å². The van der Waals surface area contributed by atoms with Crippen LogP contribution in [0.4, 0.5) is 15.8 Å². The number of carbonyl (C=O) groups is 1. The lowest BCUT2D eigenvalue weighted by Gasteiger charge is -2.09. The minimum absolute atomic E-state index is 0.107. The fourth-order valence-corrected chi connectivity index (χ4v) is 2.51. The van der Waals surface area contributed by atoms with Gasteiger partial charge in [0.1, 0.15) is 11.5 Å². The van der Waals surface area contributed by atoms with Gasteiger partial charge in [-0.2, -0.15) is 0 Å². The molecule has 0 bridgehead atoms. The van der Waals surface area contributed by atoms with E-state index in [1.807, 2.05) is 0 Å². The fourth-order valence-electron chi connectivity index (χ4n) is 2.51. The Balaban J connectivity index is 1.63. The highest BCUT2D eigenvalue weighted by Crippen LogP contribution is 2.31. The van der Waals surface area contributed by atoms with Crippen molar-refractivity contribution in [2.45, 2.75) is 25.3 Å². The van der Waals surface area contributed by atoms with Gasteiger partial charge < -0.3 is 10.6 Å². The van der Waals surface area contributed by atoms with Crippen LogP contribution in [0.25, 0.3) is 0 Å². The molecule has 1 aliphatic rings. The maximum absolute atomic E-state index is 13.1. The lowest BCUT2D eigenvalue weighted by Crippen LogP contribution is -2.25. The van der Waals surface area contributed by atoms with E-state index in [0.717, 1.165) is 18.4 Å². The third-order valence-electron chi connectivity index (χ3n) is 3.98. The van der Waals surface area contributed by atoms with Crippen LogP contribution >= 0.6 is 0 Å². The zero-order valence-corrected chi connectivity index (χ0v) is 13.5. The van der Waals surface area contributed by atoms with Gasteiger partial charge in [-0.15, -0.1) is 0 Å². The molecule has 0 unspecified atom stereocenters. The number of hydrogen-bond acceptors (Lipinski definition) is 4. The molecule has 0 saturated heterocycles. The van der Waals surface area contributed by atoms with Gasteiger partial charge in [-0.1, -0.05) is 12.1 Å². The van der Waals surface area contributed by atoms with Crippen molar-refractivity contribution in [3.05, 3.63) is 69.5 Å². The van der Waals surface area contributed by atoms with Crippen molar-refractivity contribution in [1.82, 2.24) is 5.32 Å². The molecule has 0 aromatic heterocycles. The van der Waals surface area contributed by atoms with E-state index in [9.17, 15) is 19.3 Å². The molecule has 1 saturated carbocycles. The molecule has 6 nitrogen and oxygen atoms in total. The van der Waals surface area contributed by atoms with Crippen molar-refractivity contribution in [3.63, 3.8) is 0 Å². The number of nitro benzene ring substituents is 1. The SMILES string of the molecule is O=C(NCCc1cccc(F)c1)c1ccc(NC2CC2)c([N+](=O)[O-])c1. The summed E-state index contributed by atoms with van der Waals surface area (Å²) >= 11 is 0. The molecule has 0 heterocycles. The summed E-state index contributed by atoms with van der Waals surface area (Å²) < 4.78 is 13.1. The molecular weight excluding hydrogens is 325 g/mol. The van der Waals surface area contributed by atoms with Gasteiger partial charge in [-0.3, -0.25) is 14.9 Å². The van der Waals surface area contributed by atoms with E-state index in [4.69, 9.17) is 0 Å². The standard InChI is InChI=1S/C18H18FN3O3/c19-14-3-1-2-12(10-14)8-9-20-18(23)13-4-7-16(21-15-5-6-15)17(11-13)22(24)25/h1-4,7,10-11,15,21H,5-6,8-9H2,(H,20,23). The Hall–Kier alpha value is -2.96. The maximum Gasteiger partial charge on any atom is 0.293 e. The van der Waals surface area contributed by atoms with Crippen LogP contribution in [-0.4, -0.2) is 23.4 Å². The first-order valence-corrected chi connectivity index (χ1v) is 8.10. The number of rotatable bonds is 7. The second-order valence-corrected chi connectivity index (χ2v) is 6.04. The van der Waals surface area contributed by atoms with E-state index >= 15 is 0 Å². The van der Waals surface area contributed by atoms with Crippen molar-refractivity contribution >= 4 is 17.3 Å². The molecule has 0 aliphatic heterocycles. The molecule has 2 N–H and O–H groups in total. The predicted octanol–water partition coefficient (Wildman–Crippen LogP) is 3.28. The molecule has 7 heteroatoms. The molecular formula is C18H18FN3O3. The molecule has 3 rings (SSSR count). The van der Waals surface area contributed by atoms with Crippen molar-refractivity contribution in [3.8, 4) is 0 Å². The molecule has 25 heavy (non-hydrogen) atoms. The van der Waals surface area contributed by atoms with E-state index in [2.05, 4.69) is 10.6 Å². The summed E-state index contributed by atoms with van der Waals surface area (Å²) in [5.74, 6) is -0.712. The summed E-state index contributed by atoms with van der Waals surface area (Å²) in [6, 6.07) is 10.9. The largest absolute Gasteiger partial charge is 0.377 e. The Bertz CT molecular complexity index is 806. The molecule has 130 valence electrons. The van der Waals surface area contributed by atoms with E-state index in [1.54, 1.807) is 24.3 Å². The van der Waals surface area contributed by atoms with Crippen LogP contribution < -0.4 is 10.6 Å². The molecule has 1 aliphatic carbocycles. The van der Waals surface area contributed by atoms with Crippen LogP contribution in [-0.2, 0) is 6.42 Å². The number of halogens is 1. The minimum Gasteiger partial charge on any atom is -0.377 e. The van der Waals surface area contributed by atoms with E-state index in [-0.39, 0.29) is 23.1 Å². The third kappa shape index (κ3) is 4.53. The van der Waals surface area contributed by atoms with Crippen LogP contribution in [0.3, 0.4) is 0 Å². The van der Waals surface area contributed by atoms with E-state index < -0.39 is 10.8 Å². The van der Waals surface area contributed by atoms with Gasteiger partial charge in [-0.25, -0.2) is 4.39 Å². The summed E-state index contributed by atoms with van der Waals surface area (Å²) in [4.78, 5) is 22.9. The van der Waals surface area contributed by atoms with Gasteiger partial charge in [-0.05, 0) is 49.1 Å². The Morgan fingerprint density at radius 3 is 2.72 bits per heavy atom. The number of amides is 1. The summed E-state index contributed by atoms with van der Waals surface area (Å²) in [7, 11) is 0. The Labute approximate surface area is 144 Å². The second-order valence-electron chi connectivity index (χ2n) is 6.04. The van der Waals surface area contributed by atoms with Crippen molar-refractivity contribution in [2.75, 3.05) is 11.9 Å². The summed E-state index contributed by atoms with van der Waals surface area (Å²) in [5.41, 5.74) is 1.33. The molecule has 2 aromatic rings. The Kier molecular flexibility index (Phi) is 4.92. The number of hydrogen-bond donors (Lipinski definition) is 2. The van der Waals surface area contributed by atoms with Crippen LogP contribution in [0.5, 0.6) is 0 Å². The molecule has 1 amide bonds. The van der Waals surface area contributed by atoms with Crippen molar-refractivity contribution in [1.29, 1.82) is 0 Å². The minimum atomic E-state index is -0.492. The zero-order chi connectivity index (χ0) is 17.8. The first-order valence-electron chi connectivity index (χ1n) is 8.10. The lowest BCUT2D eigenvalue weighted by molar-refractivity contribution is -0.384. The molecule has 2 aromatic carbocycles. The fraction of sp³-hybridized carbons (Fsp3) is 0.278. The maximum atomic E-state index is 13.1. The second kappa shape index (κ2) is 7.29. The highest BCUT2D eigenvalue weighted by atomic mass is 19.1. The first kappa shape index (κ1) is 16.9. The average Bonchev–Trinajstić information content (AvgIpc) is 3.39. The number of carbonyl (C=O) groups excluding carboxylic acids is 1. The summed E-state index contributed by atoms with van der Waals surface area (Å²) in [5, 5.41) is 17.0. The molecule has 0 atom stereocenters. The zero-order valence-electron chi connectivity index (χ0n) is 13.5. The number of nitrogens with one attached hydrogen (secondary N) is 2. The van der Waals surface area contributed by atoms with Gasteiger partial charge in [0.15, 0.2) is 0 Å². The van der Waals surface area contributed by atoms with Crippen LogP contribution in [0, 0.1) is 15.9 Å². The first-order chi connectivity index (χ1) is 12.0. The number of benzene rings is 2. The number of nitro groups is 1. The van der Waals surface area contributed by atoms with Gasteiger partial charge >= 0.3 is 0 Å². The highest BCUT2D eigenvalue weighted by molar-refractivity contribution is 5.95. The molecule has 1 fully saturated rings. The van der Waals surface area contributed by atoms with Crippen molar-refractivity contribution in [2.24, 2.45) is 0 Å². The average molecular weight is 343 g/mol. The quantitative estimate of drug-likeness (QED) is 0.597. The van der Waals surface area contributed by atoms with E-state index in [1.165, 1.54) is 18.2 Å². The van der Waals surface area contributed by atoms with E-state index in [0.29, 0.717) is 18.7 Å². The third-order valence-corrected chi connectivity index (χ3v) is 3.98. The van der Waals surface area contributed by atoms with Gasteiger partial charge in [0, 0.05) is 24.2 Å². The molecule has 0 spiro atoms. The van der Waals surface area contributed by atoms with Crippen LogP contribution in [0.1, 0.15) is 28.8 Å².